The standard InChI is InChI=1S/C36H47N5O9S/c1-3-5-13-28-32(43)41-21-25(18-30(41)31(42)39-36(19-24(36)4-2)34(45)40-51(47,48)26-14-15-26)50-33(44)29-17-23-12-9-11-22(27(23)20-37-29)10-7-6-8-16-49-35(46)38-28/h4,7,9-12,24-26,28-30,37H,2-3,5-6,8,13-21H2,1H3,(H,38,46)(H,39,42)(H,40,45)/t24-,25-,28+,29?,30+,36-/m1/s1. The lowest BCUT2D eigenvalue weighted by molar-refractivity contribution is -0.152. The molecule has 51 heavy (non-hydrogen) atoms. The topological polar surface area (TPSA) is 189 Å². The summed E-state index contributed by atoms with van der Waals surface area (Å²) >= 11 is 0. The van der Waals surface area contributed by atoms with Crippen LogP contribution in [0.3, 0.4) is 0 Å². The molecule has 276 valence electrons. The van der Waals surface area contributed by atoms with Gasteiger partial charge in [0, 0.05) is 18.9 Å². The molecule has 0 radical (unpaired) electrons. The minimum absolute atomic E-state index is 0.0661. The molecule has 4 amide bonds. The Morgan fingerprint density at radius 1 is 1.20 bits per heavy atom. The Balaban J connectivity index is 1.26. The number of sulfonamides is 1. The third kappa shape index (κ3) is 8.14. The van der Waals surface area contributed by atoms with Gasteiger partial charge in [0.05, 0.1) is 18.4 Å². The van der Waals surface area contributed by atoms with Crippen LogP contribution in [0.5, 0.6) is 0 Å². The zero-order valence-corrected chi connectivity index (χ0v) is 29.7. The summed E-state index contributed by atoms with van der Waals surface area (Å²) in [6.45, 7) is 6.15. The maximum atomic E-state index is 14.2. The summed E-state index contributed by atoms with van der Waals surface area (Å²) in [6, 6.07) is 3.07. The van der Waals surface area contributed by atoms with Crippen molar-refractivity contribution in [2.45, 2.75) is 113 Å². The van der Waals surface area contributed by atoms with Crippen LogP contribution >= 0.6 is 0 Å². The van der Waals surface area contributed by atoms with E-state index >= 15 is 0 Å². The quantitative estimate of drug-likeness (QED) is 0.217. The van der Waals surface area contributed by atoms with Gasteiger partial charge in [-0.05, 0) is 61.6 Å². The van der Waals surface area contributed by atoms with Crippen LogP contribution in [0.25, 0.3) is 6.08 Å². The van der Waals surface area contributed by atoms with Crippen LogP contribution in [0.15, 0.2) is 36.9 Å². The summed E-state index contributed by atoms with van der Waals surface area (Å²) in [5.41, 5.74) is 1.56. The van der Waals surface area contributed by atoms with Crippen molar-refractivity contribution < 1.29 is 41.9 Å². The summed E-state index contributed by atoms with van der Waals surface area (Å²) < 4.78 is 38.8. The van der Waals surface area contributed by atoms with Crippen molar-refractivity contribution in [1.82, 2.24) is 25.6 Å². The molecule has 6 bridgehead atoms. The van der Waals surface area contributed by atoms with Crippen LogP contribution in [0.2, 0.25) is 0 Å². The smallest absolute Gasteiger partial charge is 0.407 e. The molecule has 7 rings (SSSR count). The Morgan fingerprint density at radius 3 is 2.73 bits per heavy atom. The van der Waals surface area contributed by atoms with Crippen LogP contribution in [-0.4, -0.2) is 91.3 Å². The molecule has 1 aromatic rings. The highest BCUT2D eigenvalue weighted by Crippen LogP contribution is 2.45. The molecule has 1 saturated heterocycles. The predicted molar refractivity (Wildman–Crippen MR) is 186 cm³/mol. The SMILES string of the molecule is C=C[C@@H]1C[C@]1(NC(=O)[C@@H]1C[C@@H]2CN1C(=O)[C@H](CCCC)NC(=O)OCCCC=Cc1cccc3c1CNC(C3)C(=O)O2)C(=O)NS(=O)(=O)C1CC1. The highest BCUT2D eigenvalue weighted by atomic mass is 32.2. The summed E-state index contributed by atoms with van der Waals surface area (Å²) in [5.74, 6) is -3.17. The average molecular weight is 726 g/mol. The van der Waals surface area contributed by atoms with Crippen molar-refractivity contribution in [2.75, 3.05) is 13.2 Å². The second-order valence-electron chi connectivity index (χ2n) is 14.1. The lowest BCUT2D eigenvalue weighted by Gasteiger charge is -2.29. The summed E-state index contributed by atoms with van der Waals surface area (Å²) in [5, 5.41) is 8.05. The van der Waals surface area contributed by atoms with E-state index in [-0.39, 0.29) is 32.4 Å². The number of carbonyl (C=O) groups excluding carboxylic acids is 5. The molecule has 6 aliphatic rings. The van der Waals surface area contributed by atoms with Crippen LogP contribution in [0.1, 0.15) is 81.4 Å². The fraction of sp³-hybridized carbons (Fsp3) is 0.583. The van der Waals surface area contributed by atoms with E-state index in [0.717, 1.165) is 23.1 Å². The van der Waals surface area contributed by atoms with E-state index in [0.29, 0.717) is 45.1 Å². The normalized spacial score (nSPS) is 29.7. The number of rotatable bonds is 9. The fourth-order valence-corrected chi connectivity index (χ4v) is 8.53. The van der Waals surface area contributed by atoms with E-state index in [1.165, 1.54) is 11.0 Å². The molecule has 1 unspecified atom stereocenters. The molecule has 0 spiro atoms. The molecular weight excluding hydrogens is 678 g/mol. The minimum atomic E-state index is -3.90. The number of unbranched alkanes of at least 4 members (excludes halogenated alkanes) is 1. The predicted octanol–water partition coefficient (Wildman–Crippen LogP) is 1.97. The molecule has 2 aliphatic carbocycles. The largest absolute Gasteiger partial charge is 0.459 e. The van der Waals surface area contributed by atoms with Gasteiger partial charge in [0.25, 0.3) is 5.91 Å². The molecule has 4 N–H and O–H groups in total. The number of fused-ring (bicyclic) bond motifs is 10. The average Bonchev–Trinajstić information content (AvgIpc) is 4.04. The number of carbonyl (C=O) groups is 5. The molecule has 2 saturated carbocycles. The third-order valence-corrected chi connectivity index (χ3v) is 12.2. The zero-order chi connectivity index (χ0) is 36.3. The van der Waals surface area contributed by atoms with E-state index in [1.54, 1.807) is 0 Å². The molecule has 14 nitrogen and oxygen atoms in total. The maximum absolute atomic E-state index is 14.2. The van der Waals surface area contributed by atoms with Crippen molar-refractivity contribution in [3.8, 4) is 0 Å². The molecule has 4 heterocycles. The second kappa shape index (κ2) is 15.2. The second-order valence-corrected chi connectivity index (χ2v) is 16.1. The maximum Gasteiger partial charge on any atom is 0.407 e. The zero-order valence-electron chi connectivity index (χ0n) is 28.9. The molecule has 0 aromatic heterocycles. The fourth-order valence-electron chi connectivity index (χ4n) is 7.17. The molecule has 15 heteroatoms. The Kier molecular flexibility index (Phi) is 10.9. The Labute approximate surface area is 298 Å². The van der Waals surface area contributed by atoms with Crippen molar-refractivity contribution in [3.05, 3.63) is 53.6 Å². The Hall–Kier alpha value is -4.24. The lowest BCUT2D eigenvalue weighted by atomic mass is 9.92. The first-order chi connectivity index (χ1) is 24.5. The van der Waals surface area contributed by atoms with E-state index in [9.17, 15) is 32.4 Å². The van der Waals surface area contributed by atoms with Gasteiger partial charge in [-0.15, -0.1) is 6.58 Å². The van der Waals surface area contributed by atoms with Gasteiger partial charge >= 0.3 is 12.1 Å². The van der Waals surface area contributed by atoms with E-state index in [1.807, 2.05) is 37.3 Å². The van der Waals surface area contributed by atoms with Crippen molar-refractivity contribution in [2.24, 2.45) is 5.92 Å². The number of ether oxygens (including phenoxy) is 2. The highest BCUT2D eigenvalue weighted by molar-refractivity contribution is 7.91. The van der Waals surface area contributed by atoms with Gasteiger partial charge in [-0.3, -0.25) is 29.2 Å². The number of hydrogen-bond acceptors (Lipinski definition) is 10. The van der Waals surface area contributed by atoms with Crippen molar-refractivity contribution >= 4 is 45.9 Å². The molecule has 1 aromatic carbocycles. The summed E-state index contributed by atoms with van der Waals surface area (Å²) in [7, 11) is -3.90. The molecule has 4 aliphatic heterocycles. The first-order valence-corrected chi connectivity index (χ1v) is 19.5. The van der Waals surface area contributed by atoms with E-state index < -0.39 is 80.7 Å². The monoisotopic (exact) mass is 725 g/mol. The van der Waals surface area contributed by atoms with Crippen LogP contribution in [0.4, 0.5) is 4.79 Å². The first-order valence-electron chi connectivity index (χ1n) is 17.9. The van der Waals surface area contributed by atoms with Crippen LogP contribution < -0.4 is 20.7 Å². The highest BCUT2D eigenvalue weighted by Gasteiger charge is 2.62. The number of alkyl carbamates (subject to hydrolysis) is 1. The third-order valence-electron chi connectivity index (χ3n) is 10.4. The summed E-state index contributed by atoms with van der Waals surface area (Å²) in [6.07, 6.45) is 8.09. The van der Waals surface area contributed by atoms with Gasteiger partial charge in [-0.2, -0.15) is 0 Å². The summed E-state index contributed by atoms with van der Waals surface area (Å²) in [4.78, 5) is 69.4. The first kappa shape index (κ1) is 36.5. The van der Waals surface area contributed by atoms with Gasteiger partial charge in [0.1, 0.15) is 29.8 Å². The van der Waals surface area contributed by atoms with Gasteiger partial charge in [0.15, 0.2) is 0 Å². The van der Waals surface area contributed by atoms with Crippen LogP contribution in [0, 0.1) is 5.92 Å². The number of hydrogen-bond donors (Lipinski definition) is 4. The van der Waals surface area contributed by atoms with Gasteiger partial charge < -0.3 is 25.0 Å². The molecular formula is C36H47N5O9S. The Morgan fingerprint density at radius 2 is 2.00 bits per heavy atom. The lowest BCUT2D eigenvalue weighted by Crippen LogP contribution is -2.58. The molecule has 6 atom stereocenters. The number of nitrogens with one attached hydrogen (secondary N) is 4. The Bertz CT molecular complexity index is 1710. The van der Waals surface area contributed by atoms with Gasteiger partial charge in [0.2, 0.25) is 21.8 Å². The van der Waals surface area contributed by atoms with E-state index in [4.69, 9.17) is 9.47 Å². The van der Waals surface area contributed by atoms with Crippen molar-refractivity contribution in [3.63, 3.8) is 0 Å². The minimum Gasteiger partial charge on any atom is -0.459 e. The van der Waals surface area contributed by atoms with Gasteiger partial charge in [-0.1, -0.05) is 56.2 Å². The van der Waals surface area contributed by atoms with Gasteiger partial charge in [-0.25, -0.2) is 13.2 Å². The number of nitrogens with zero attached hydrogens (tertiary/aromatic N) is 1. The number of benzene rings is 1. The number of esters is 1. The number of allylic oxidation sites excluding steroid dienone is 1. The number of amides is 4. The molecule has 3 fully saturated rings. The van der Waals surface area contributed by atoms with E-state index in [2.05, 4.69) is 27.3 Å². The van der Waals surface area contributed by atoms with Crippen LogP contribution in [-0.2, 0) is 51.6 Å². The van der Waals surface area contributed by atoms with Crippen molar-refractivity contribution in [1.29, 1.82) is 0 Å².